The minimum atomic E-state index is -2.77. The van der Waals surface area contributed by atoms with Crippen molar-refractivity contribution in [2.24, 2.45) is 22.2 Å². The number of aryl methyl sites for hydroxylation is 1. The predicted octanol–water partition coefficient (Wildman–Crippen LogP) is 7.94. The van der Waals surface area contributed by atoms with Crippen LogP contribution in [0.25, 0.3) is 10.4 Å². The Kier molecular flexibility index (Phi) is 13.3. The van der Waals surface area contributed by atoms with Gasteiger partial charge in [0.05, 0.1) is 34.2 Å². The highest BCUT2D eigenvalue weighted by molar-refractivity contribution is 7.13. The lowest BCUT2D eigenvalue weighted by Crippen LogP contribution is -2.58. The van der Waals surface area contributed by atoms with E-state index in [0.29, 0.717) is 19.4 Å². The Morgan fingerprint density at radius 3 is 2.19 bits per heavy atom. The summed E-state index contributed by atoms with van der Waals surface area (Å²) in [5.74, 6) is -3.22. The number of thiazole rings is 1. The van der Waals surface area contributed by atoms with Crippen molar-refractivity contribution in [2.75, 3.05) is 32.8 Å². The van der Waals surface area contributed by atoms with Gasteiger partial charge in [0.1, 0.15) is 12.1 Å². The van der Waals surface area contributed by atoms with Crippen molar-refractivity contribution in [2.45, 2.75) is 155 Å². The van der Waals surface area contributed by atoms with Crippen LogP contribution in [0.1, 0.15) is 111 Å². The Morgan fingerprint density at radius 1 is 1.03 bits per heavy atom. The minimum absolute atomic E-state index is 0.0513. The first-order chi connectivity index (χ1) is 27.5. The fraction of sp³-hybridized carbons (Fsp3) is 0.733. The lowest BCUT2D eigenvalue weighted by Gasteiger charge is -2.46. The molecule has 2 aliphatic carbocycles. The molecule has 59 heavy (non-hydrogen) atoms. The molecule has 4 aliphatic rings. The number of aromatic nitrogens is 1. The van der Waals surface area contributed by atoms with Gasteiger partial charge in [-0.3, -0.25) is 14.4 Å². The summed E-state index contributed by atoms with van der Waals surface area (Å²) < 4.78 is 34.8. The summed E-state index contributed by atoms with van der Waals surface area (Å²) in [7, 11) is -2.23. The molecule has 1 aromatic carbocycles. The first-order valence-corrected chi connectivity index (χ1v) is 25.5. The van der Waals surface area contributed by atoms with Gasteiger partial charge in [0.25, 0.3) is 5.92 Å². The summed E-state index contributed by atoms with van der Waals surface area (Å²) in [6.07, 6.45) is 5.90. The van der Waals surface area contributed by atoms with Crippen LogP contribution < -0.4 is 10.6 Å². The number of piperidine rings is 1. The number of amides is 3. The number of aliphatic hydroxyl groups excluding tert-OH is 1. The van der Waals surface area contributed by atoms with Gasteiger partial charge in [0, 0.05) is 38.9 Å². The molecule has 0 unspecified atom stereocenters. The number of hydrogen-bond acceptors (Lipinski definition) is 8. The van der Waals surface area contributed by atoms with Gasteiger partial charge in [-0.2, -0.15) is 0 Å². The Balaban J connectivity index is 1.07. The van der Waals surface area contributed by atoms with Crippen LogP contribution in [0.2, 0.25) is 18.1 Å². The molecular weight excluding hydrogens is 789 g/mol. The number of halogens is 2. The number of carbonyl (C=O) groups is 3. The standard InChI is InChI=1S/C45H69F2N5O5SSi/c1-30-37(58-29-49-30)33-12-10-32(11-13-33)24-48-39(55)35-23-34(57-59(8,9)42(5,6)7)25-52(35)40(56)38(41(2,3)4)50-36(54)22-31-14-16-43(17-15-31)18-20-51(21-19-43)27-44(28-53)26-45(44,46)47/h10-13,29,31,34-35,38,53H,14-28H2,1-9H3,(H,48,55)(H,50,54)/t34-,35+,38-,44-/m1/s1. The fourth-order valence-corrected chi connectivity index (χ4v) is 11.5. The van der Waals surface area contributed by atoms with E-state index in [2.05, 4.69) is 54.4 Å². The van der Waals surface area contributed by atoms with Crippen LogP contribution in [0.5, 0.6) is 0 Å². The van der Waals surface area contributed by atoms with E-state index in [4.69, 9.17) is 4.43 Å². The van der Waals surface area contributed by atoms with Crippen LogP contribution >= 0.6 is 11.3 Å². The number of rotatable bonds is 13. The first-order valence-electron chi connectivity index (χ1n) is 21.7. The van der Waals surface area contributed by atoms with Crippen molar-refractivity contribution in [1.29, 1.82) is 0 Å². The maximum absolute atomic E-state index is 14.7. The third-order valence-corrected chi connectivity index (χ3v) is 20.1. The van der Waals surface area contributed by atoms with Gasteiger partial charge < -0.3 is 30.0 Å². The third-order valence-electron chi connectivity index (χ3n) is 14.6. The number of hydrogen-bond donors (Lipinski definition) is 3. The molecule has 2 saturated heterocycles. The number of nitrogens with one attached hydrogen (secondary N) is 2. The smallest absolute Gasteiger partial charge is 0.258 e. The molecule has 2 aliphatic heterocycles. The average molecular weight is 858 g/mol. The van der Waals surface area contributed by atoms with Crippen LogP contribution in [-0.4, -0.2) is 103 Å². The van der Waals surface area contributed by atoms with E-state index in [1.54, 1.807) is 16.2 Å². The van der Waals surface area contributed by atoms with E-state index >= 15 is 0 Å². The van der Waals surface area contributed by atoms with Gasteiger partial charge in [0.15, 0.2) is 8.32 Å². The normalized spacial score (nSPS) is 25.5. The summed E-state index contributed by atoms with van der Waals surface area (Å²) in [6.45, 7) is 20.6. The van der Waals surface area contributed by atoms with Crippen LogP contribution in [-0.2, 0) is 25.4 Å². The summed E-state index contributed by atoms with van der Waals surface area (Å²) in [5, 5.41) is 15.9. The molecule has 328 valence electrons. The van der Waals surface area contributed by atoms with E-state index in [0.717, 1.165) is 73.3 Å². The van der Waals surface area contributed by atoms with Crippen LogP contribution in [0.15, 0.2) is 29.8 Å². The Morgan fingerprint density at radius 2 is 1.66 bits per heavy atom. The van der Waals surface area contributed by atoms with Gasteiger partial charge in [0.2, 0.25) is 17.7 Å². The monoisotopic (exact) mass is 857 g/mol. The molecule has 0 radical (unpaired) electrons. The lowest BCUT2D eigenvalue weighted by molar-refractivity contribution is -0.144. The van der Waals surface area contributed by atoms with Crippen molar-refractivity contribution in [1.82, 2.24) is 25.4 Å². The number of nitrogens with zero attached hydrogens (tertiary/aromatic N) is 3. The molecule has 4 atom stereocenters. The second kappa shape index (κ2) is 17.2. The summed E-state index contributed by atoms with van der Waals surface area (Å²) >= 11 is 1.60. The molecule has 14 heteroatoms. The molecule has 3 amide bonds. The van der Waals surface area contributed by atoms with Crippen molar-refractivity contribution in [3.05, 3.63) is 41.0 Å². The zero-order chi connectivity index (χ0) is 43.2. The molecule has 3 N–H and O–H groups in total. The van der Waals surface area contributed by atoms with Crippen LogP contribution in [0.3, 0.4) is 0 Å². The molecule has 1 aromatic heterocycles. The van der Waals surface area contributed by atoms with Gasteiger partial charge in [-0.05, 0) is 105 Å². The van der Waals surface area contributed by atoms with Gasteiger partial charge in [-0.1, -0.05) is 65.8 Å². The molecule has 3 heterocycles. The lowest BCUT2D eigenvalue weighted by atomic mass is 9.65. The van der Waals surface area contributed by atoms with Crippen molar-refractivity contribution >= 4 is 37.4 Å². The summed E-state index contributed by atoms with van der Waals surface area (Å²) in [6, 6.07) is 6.52. The SMILES string of the molecule is Cc1ncsc1-c1ccc(CNC(=O)[C@@H]2C[C@@H](O[Si](C)(C)C(C)(C)C)CN2C(=O)[C@@H](NC(=O)CC2CCC3(CC2)CCN(C[C@@]2(CO)CC2(F)F)CC3)C(C)(C)C)cc1. The van der Waals surface area contributed by atoms with Crippen molar-refractivity contribution < 1.29 is 32.7 Å². The molecule has 10 nitrogen and oxygen atoms in total. The zero-order valence-corrected chi connectivity index (χ0v) is 38.7. The topological polar surface area (TPSA) is 124 Å². The van der Waals surface area contributed by atoms with E-state index in [9.17, 15) is 28.3 Å². The van der Waals surface area contributed by atoms with E-state index < -0.39 is 43.8 Å². The minimum Gasteiger partial charge on any atom is -0.412 e. The van der Waals surface area contributed by atoms with Gasteiger partial charge >= 0.3 is 0 Å². The molecule has 1 spiro atoms. The first kappa shape index (κ1) is 45.7. The Bertz CT molecular complexity index is 1810. The Labute approximate surface area is 355 Å². The maximum Gasteiger partial charge on any atom is 0.258 e. The number of carbonyl (C=O) groups excluding carboxylic acids is 3. The number of likely N-dealkylation sites (tertiary alicyclic amines) is 2. The number of benzene rings is 1. The second-order valence-electron chi connectivity index (χ2n) is 21.0. The fourth-order valence-electron chi connectivity index (χ4n) is 9.31. The van der Waals surface area contributed by atoms with Gasteiger partial charge in [-0.15, -0.1) is 11.3 Å². The highest BCUT2D eigenvalue weighted by atomic mass is 32.1. The van der Waals surface area contributed by atoms with E-state index in [1.165, 1.54) is 0 Å². The van der Waals surface area contributed by atoms with Crippen molar-refractivity contribution in [3.63, 3.8) is 0 Å². The van der Waals surface area contributed by atoms with Crippen LogP contribution in [0.4, 0.5) is 8.78 Å². The molecule has 6 rings (SSSR count). The highest BCUT2D eigenvalue weighted by Crippen LogP contribution is 2.61. The molecule has 2 aromatic rings. The van der Waals surface area contributed by atoms with E-state index in [-0.39, 0.29) is 59.7 Å². The third kappa shape index (κ3) is 10.3. The molecule has 0 bridgehead atoms. The summed E-state index contributed by atoms with van der Waals surface area (Å²) in [5.41, 5.74) is 3.14. The predicted molar refractivity (Wildman–Crippen MR) is 231 cm³/mol. The zero-order valence-electron chi connectivity index (χ0n) is 36.9. The Hall–Kier alpha value is -2.78. The molecular formula is C45H69F2N5O5SSi. The number of alkyl halides is 2. The quantitative estimate of drug-likeness (QED) is 0.175. The largest absolute Gasteiger partial charge is 0.412 e. The number of aliphatic hydroxyl groups is 1. The van der Waals surface area contributed by atoms with Gasteiger partial charge in [-0.25, -0.2) is 13.8 Å². The molecule has 2 saturated carbocycles. The molecule has 4 fully saturated rings. The highest BCUT2D eigenvalue weighted by Gasteiger charge is 2.71. The maximum atomic E-state index is 14.7. The van der Waals surface area contributed by atoms with Crippen LogP contribution in [0, 0.1) is 29.1 Å². The summed E-state index contributed by atoms with van der Waals surface area (Å²) in [4.78, 5) is 51.8. The van der Waals surface area contributed by atoms with Crippen molar-refractivity contribution in [3.8, 4) is 10.4 Å². The average Bonchev–Trinajstić information content (AvgIpc) is 3.46. The van der Waals surface area contributed by atoms with E-state index in [1.807, 2.05) is 57.5 Å². The second-order valence-corrected chi connectivity index (χ2v) is 26.6.